The molecule has 116 valence electrons. The predicted molar refractivity (Wildman–Crippen MR) is 92.7 cm³/mol. The summed E-state index contributed by atoms with van der Waals surface area (Å²) in [4.78, 5) is 18.3. The molecule has 0 radical (unpaired) electrons. The van der Waals surface area contributed by atoms with Crippen LogP contribution >= 0.6 is 0 Å². The third kappa shape index (κ3) is 2.42. The van der Waals surface area contributed by atoms with Gasteiger partial charge in [0.2, 0.25) is 0 Å². The van der Waals surface area contributed by atoms with Crippen LogP contribution in [0.25, 0.3) is 10.9 Å². The largest absolute Gasteiger partial charge is 0.358 e. The first-order valence-electron chi connectivity index (χ1n) is 8.08. The van der Waals surface area contributed by atoms with Crippen molar-refractivity contribution in [3.63, 3.8) is 0 Å². The van der Waals surface area contributed by atoms with E-state index in [0.29, 0.717) is 6.54 Å². The number of carbonyl (C=O) groups is 1. The van der Waals surface area contributed by atoms with E-state index in [0.717, 1.165) is 24.1 Å². The van der Waals surface area contributed by atoms with Crippen LogP contribution in [0.2, 0.25) is 0 Å². The highest BCUT2D eigenvalue weighted by Gasteiger charge is 2.24. The van der Waals surface area contributed by atoms with Gasteiger partial charge in [0, 0.05) is 47.2 Å². The van der Waals surface area contributed by atoms with Crippen LogP contribution in [0, 0.1) is 13.8 Å². The lowest BCUT2D eigenvalue weighted by Gasteiger charge is -2.27. The van der Waals surface area contributed by atoms with Crippen LogP contribution in [0.5, 0.6) is 0 Å². The molecule has 2 aromatic carbocycles. The Labute approximate surface area is 135 Å². The summed E-state index contributed by atoms with van der Waals surface area (Å²) in [5, 5.41) is 1.25. The summed E-state index contributed by atoms with van der Waals surface area (Å²) >= 11 is 0. The number of hydrogen-bond acceptors (Lipinski definition) is 1. The highest BCUT2D eigenvalue weighted by molar-refractivity contribution is 5.95. The second kappa shape index (κ2) is 5.27. The first-order valence-corrected chi connectivity index (χ1v) is 8.08. The highest BCUT2D eigenvalue weighted by Crippen LogP contribution is 2.29. The van der Waals surface area contributed by atoms with E-state index in [1.165, 1.54) is 27.7 Å². The normalized spacial score (nSPS) is 14.1. The third-order valence-corrected chi connectivity index (χ3v) is 4.68. The van der Waals surface area contributed by atoms with Gasteiger partial charge < -0.3 is 9.88 Å². The molecular formula is C20H20N2O. The Kier molecular flexibility index (Phi) is 3.22. The van der Waals surface area contributed by atoms with Crippen LogP contribution in [-0.2, 0) is 13.0 Å². The Bertz CT molecular complexity index is 907. The molecule has 0 atom stereocenters. The van der Waals surface area contributed by atoms with Crippen molar-refractivity contribution in [3.05, 3.63) is 70.4 Å². The number of hydrogen-bond donors (Lipinski definition) is 1. The van der Waals surface area contributed by atoms with E-state index in [-0.39, 0.29) is 5.91 Å². The molecule has 0 spiro atoms. The van der Waals surface area contributed by atoms with Gasteiger partial charge in [-0.05, 0) is 38.1 Å². The van der Waals surface area contributed by atoms with Gasteiger partial charge in [0.05, 0.1) is 0 Å². The second-order valence-electron chi connectivity index (χ2n) is 6.48. The van der Waals surface area contributed by atoms with E-state index in [1.54, 1.807) is 0 Å². The summed E-state index contributed by atoms with van der Waals surface area (Å²) in [6.07, 6.45) is 0.890. The number of nitrogens with one attached hydrogen (secondary N) is 1. The number of rotatable bonds is 1. The first kappa shape index (κ1) is 14.1. The molecule has 2 heterocycles. The zero-order chi connectivity index (χ0) is 16.0. The minimum atomic E-state index is 0.126. The smallest absolute Gasteiger partial charge is 0.254 e. The number of aromatic amines is 1. The van der Waals surface area contributed by atoms with E-state index in [1.807, 2.05) is 36.1 Å². The molecule has 3 nitrogen and oxygen atoms in total. The minimum Gasteiger partial charge on any atom is -0.358 e. The van der Waals surface area contributed by atoms with Crippen molar-refractivity contribution in [2.45, 2.75) is 26.8 Å². The van der Waals surface area contributed by atoms with Gasteiger partial charge in [-0.3, -0.25) is 4.79 Å². The Balaban J connectivity index is 1.69. The van der Waals surface area contributed by atoms with E-state index < -0.39 is 0 Å². The van der Waals surface area contributed by atoms with E-state index in [4.69, 9.17) is 0 Å². The van der Waals surface area contributed by atoms with Gasteiger partial charge in [-0.15, -0.1) is 0 Å². The molecule has 4 rings (SSSR count). The number of amides is 1. The summed E-state index contributed by atoms with van der Waals surface area (Å²) in [6, 6.07) is 14.3. The molecule has 1 aromatic heterocycles. The molecular weight excluding hydrogens is 284 g/mol. The molecule has 0 unspecified atom stereocenters. The second-order valence-corrected chi connectivity index (χ2v) is 6.48. The molecule has 0 saturated carbocycles. The average molecular weight is 304 g/mol. The lowest BCUT2D eigenvalue weighted by atomic mass is 10.0. The Morgan fingerprint density at radius 3 is 2.74 bits per heavy atom. The van der Waals surface area contributed by atoms with E-state index in [9.17, 15) is 4.79 Å². The molecule has 3 aromatic rings. The number of aromatic nitrogens is 1. The average Bonchev–Trinajstić information content (AvgIpc) is 2.91. The van der Waals surface area contributed by atoms with Crippen LogP contribution in [0.1, 0.15) is 32.7 Å². The fourth-order valence-corrected chi connectivity index (χ4v) is 3.46. The topological polar surface area (TPSA) is 36.1 Å². The molecule has 1 amide bonds. The molecule has 1 aliphatic heterocycles. The van der Waals surface area contributed by atoms with Crippen molar-refractivity contribution in [2.24, 2.45) is 0 Å². The standard InChI is InChI=1S/C20H20N2O/c1-13-4-3-5-15(10-13)20(23)22-9-8-19-17(12-22)16-11-14(2)6-7-18(16)21-19/h3-7,10-11,21H,8-9,12H2,1-2H3. The number of aryl methyl sites for hydroxylation is 2. The number of benzene rings is 2. The molecule has 0 aliphatic carbocycles. The maximum absolute atomic E-state index is 12.8. The molecule has 0 saturated heterocycles. The van der Waals surface area contributed by atoms with Crippen molar-refractivity contribution in [3.8, 4) is 0 Å². The summed E-state index contributed by atoms with van der Waals surface area (Å²) < 4.78 is 0. The van der Waals surface area contributed by atoms with Gasteiger partial charge >= 0.3 is 0 Å². The maximum Gasteiger partial charge on any atom is 0.254 e. The third-order valence-electron chi connectivity index (χ3n) is 4.68. The molecule has 0 fully saturated rings. The van der Waals surface area contributed by atoms with Crippen LogP contribution in [0.4, 0.5) is 0 Å². The molecule has 1 N–H and O–H groups in total. The van der Waals surface area contributed by atoms with Crippen molar-refractivity contribution >= 4 is 16.8 Å². The first-order chi connectivity index (χ1) is 11.1. The number of fused-ring (bicyclic) bond motifs is 3. The van der Waals surface area contributed by atoms with Crippen LogP contribution in [0.3, 0.4) is 0 Å². The lowest BCUT2D eigenvalue weighted by molar-refractivity contribution is 0.0735. The number of nitrogens with zero attached hydrogens (tertiary/aromatic N) is 1. The van der Waals surface area contributed by atoms with Crippen LogP contribution in [0.15, 0.2) is 42.5 Å². The summed E-state index contributed by atoms with van der Waals surface area (Å²) in [6.45, 7) is 5.59. The van der Waals surface area contributed by atoms with Crippen molar-refractivity contribution < 1.29 is 4.79 Å². The SMILES string of the molecule is Cc1cccc(C(=O)N2CCc3[nH]c4ccc(C)cc4c3C2)c1. The van der Waals surface area contributed by atoms with Gasteiger partial charge in [-0.2, -0.15) is 0 Å². The van der Waals surface area contributed by atoms with E-state index in [2.05, 4.69) is 30.1 Å². The highest BCUT2D eigenvalue weighted by atomic mass is 16.2. The Morgan fingerprint density at radius 1 is 1.09 bits per heavy atom. The van der Waals surface area contributed by atoms with Crippen molar-refractivity contribution in [1.82, 2.24) is 9.88 Å². The van der Waals surface area contributed by atoms with Gasteiger partial charge in [0.15, 0.2) is 0 Å². The summed E-state index contributed by atoms with van der Waals surface area (Å²) in [5.74, 6) is 0.126. The molecule has 3 heteroatoms. The fraction of sp³-hybridized carbons (Fsp3) is 0.250. The minimum absolute atomic E-state index is 0.126. The number of carbonyl (C=O) groups excluding carboxylic acids is 1. The van der Waals surface area contributed by atoms with Crippen molar-refractivity contribution in [2.75, 3.05) is 6.54 Å². The Morgan fingerprint density at radius 2 is 1.91 bits per heavy atom. The maximum atomic E-state index is 12.8. The predicted octanol–water partition coefficient (Wildman–Crippen LogP) is 3.98. The van der Waals surface area contributed by atoms with Crippen LogP contribution in [-0.4, -0.2) is 22.3 Å². The summed E-state index contributed by atoms with van der Waals surface area (Å²) in [5.41, 5.74) is 6.88. The molecule has 1 aliphatic rings. The fourth-order valence-electron chi connectivity index (χ4n) is 3.46. The van der Waals surface area contributed by atoms with Gasteiger partial charge in [-0.25, -0.2) is 0 Å². The van der Waals surface area contributed by atoms with Crippen LogP contribution < -0.4 is 0 Å². The van der Waals surface area contributed by atoms with Gasteiger partial charge in [0.25, 0.3) is 5.91 Å². The summed E-state index contributed by atoms with van der Waals surface area (Å²) in [7, 11) is 0. The quantitative estimate of drug-likeness (QED) is 0.725. The zero-order valence-corrected chi connectivity index (χ0v) is 13.5. The monoisotopic (exact) mass is 304 g/mol. The van der Waals surface area contributed by atoms with Crippen molar-refractivity contribution in [1.29, 1.82) is 0 Å². The molecule has 0 bridgehead atoms. The molecule has 23 heavy (non-hydrogen) atoms. The lowest BCUT2D eigenvalue weighted by Crippen LogP contribution is -2.35. The number of H-pyrrole nitrogens is 1. The van der Waals surface area contributed by atoms with E-state index >= 15 is 0 Å². The Hall–Kier alpha value is -2.55. The van der Waals surface area contributed by atoms with Gasteiger partial charge in [0.1, 0.15) is 0 Å². The zero-order valence-electron chi connectivity index (χ0n) is 13.5. The van der Waals surface area contributed by atoms with Gasteiger partial charge in [-0.1, -0.05) is 29.3 Å².